The van der Waals surface area contributed by atoms with E-state index < -0.39 is 12.7 Å². The van der Waals surface area contributed by atoms with Crippen LogP contribution in [0.2, 0.25) is 0 Å². The van der Waals surface area contributed by atoms with Crippen LogP contribution in [0.3, 0.4) is 0 Å². The highest BCUT2D eigenvalue weighted by Gasteiger charge is 2.37. The third-order valence-corrected chi connectivity index (χ3v) is 2.51. The van der Waals surface area contributed by atoms with Crippen molar-refractivity contribution >= 4 is 5.69 Å². The molecule has 5 heteroatoms. The molecule has 0 amide bonds. The number of aryl methyl sites for hydroxylation is 1. The van der Waals surface area contributed by atoms with Gasteiger partial charge in [0.05, 0.1) is 0 Å². The lowest BCUT2D eigenvalue weighted by Gasteiger charge is -2.27. The second-order valence-corrected chi connectivity index (χ2v) is 3.54. The van der Waals surface area contributed by atoms with Gasteiger partial charge in [-0.2, -0.15) is 8.78 Å². The van der Waals surface area contributed by atoms with Gasteiger partial charge in [0.25, 0.3) is 0 Å². The number of alkyl halides is 2. The number of hydrogen-bond acceptors (Lipinski definition) is 3. The van der Waals surface area contributed by atoms with Crippen molar-refractivity contribution in [2.24, 2.45) is 0 Å². The Morgan fingerprint density at radius 3 is 3.00 bits per heavy atom. The smallest absolute Gasteiger partial charge is 0.411 e. The maximum absolute atomic E-state index is 12.9. The van der Waals surface area contributed by atoms with Crippen LogP contribution in [0.25, 0.3) is 0 Å². The molecule has 0 unspecified atom stereocenters. The van der Waals surface area contributed by atoms with E-state index in [1.165, 1.54) is 0 Å². The van der Waals surface area contributed by atoms with Crippen LogP contribution < -0.4 is 10.1 Å². The van der Waals surface area contributed by atoms with Crippen molar-refractivity contribution < 1.29 is 13.5 Å². The Balaban J connectivity index is 2.44. The van der Waals surface area contributed by atoms with E-state index in [0.717, 1.165) is 17.5 Å². The molecule has 2 rings (SSSR count). The molecule has 0 radical (unpaired) electrons. The number of anilines is 1. The Hall–Kier alpha value is -1.39. The van der Waals surface area contributed by atoms with Gasteiger partial charge in [0.2, 0.25) is 5.88 Å². The van der Waals surface area contributed by atoms with Gasteiger partial charge in [-0.25, -0.2) is 4.98 Å². The van der Waals surface area contributed by atoms with Crippen LogP contribution in [0.4, 0.5) is 14.5 Å². The van der Waals surface area contributed by atoms with Crippen LogP contribution in [0.1, 0.15) is 18.1 Å². The van der Waals surface area contributed by atoms with Gasteiger partial charge >= 0.3 is 6.11 Å². The van der Waals surface area contributed by atoms with E-state index in [2.05, 4.69) is 15.0 Å². The summed E-state index contributed by atoms with van der Waals surface area (Å²) in [5.74, 6) is -0.0130. The highest BCUT2D eigenvalue weighted by molar-refractivity contribution is 5.62. The minimum absolute atomic E-state index is 0.0130. The highest BCUT2D eigenvalue weighted by Crippen LogP contribution is 2.35. The number of pyridine rings is 1. The first kappa shape index (κ1) is 10.1. The summed E-state index contributed by atoms with van der Waals surface area (Å²) in [4.78, 5) is 3.88. The maximum Gasteiger partial charge on any atom is 0.416 e. The van der Waals surface area contributed by atoms with Crippen molar-refractivity contribution in [1.29, 1.82) is 0 Å². The zero-order valence-electron chi connectivity index (χ0n) is 8.60. The van der Waals surface area contributed by atoms with Gasteiger partial charge in [0.1, 0.15) is 12.2 Å². The van der Waals surface area contributed by atoms with E-state index in [9.17, 15) is 8.78 Å². The third-order valence-electron chi connectivity index (χ3n) is 2.51. The van der Waals surface area contributed by atoms with Crippen LogP contribution in [0, 0.1) is 6.92 Å². The van der Waals surface area contributed by atoms with Gasteiger partial charge in [-0.1, -0.05) is 6.92 Å². The minimum Gasteiger partial charge on any atom is -0.411 e. The normalized spacial score (nSPS) is 17.6. The molecule has 3 nitrogen and oxygen atoms in total. The Kier molecular flexibility index (Phi) is 2.25. The Labute approximate surface area is 86.5 Å². The van der Waals surface area contributed by atoms with Gasteiger partial charge in [-0.3, -0.25) is 0 Å². The molecular weight excluding hydrogens is 202 g/mol. The molecule has 15 heavy (non-hydrogen) atoms. The molecule has 0 saturated heterocycles. The number of ether oxygens (including phenoxy) is 1. The number of halogens is 2. The van der Waals surface area contributed by atoms with Gasteiger partial charge in [-0.05, 0) is 24.5 Å². The Morgan fingerprint density at radius 2 is 2.33 bits per heavy atom. The molecule has 82 valence electrons. The lowest BCUT2D eigenvalue weighted by atomic mass is 10.1. The highest BCUT2D eigenvalue weighted by atomic mass is 19.3. The number of nitrogens with one attached hydrogen (secondary N) is 1. The zero-order chi connectivity index (χ0) is 11.1. The number of nitrogens with zero attached hydrogens (tertiary/aromatic N) is 1. The number of aromatic nitrogens is 1. The quantitative estimate of drug-likeness (QED) is 0.779. The van der Waals surface area contributed by atoms with Crippen LogP contribution in [-0.4, -0.2) is 17.6 Å². The SMILES string of the molecule is CCc1cnc2c(c1C)NCC(F)(F)O2. The fourth-order valence-corrected chi connectivity index (χ4v) is 1.63. The first-order valence-electron chi connectivity index (χ1n) is 4.82. The number of hydrogen-bond donors (Lipinski definition) is 1. The van der Waals surface area contributed by atoms with E-state index in [1.54, 1.807) is 6.20 Å². The van der Waals surface area contributed by atoms with Crippen molar-refractivity contribution in [2.45, 2.75) is 26.4 Å². The average molecular weight is 214 g/mol. The van der Waals surface area contributed by atoms with Gasteiger partial charge in [0, 0.05) is 6.20 Å². The minimum atomic E-state index is -3.17. The summed E-state index contributed by atoms with van der Waals surface area (Å²) in [6.45, 7) is 3.36. The molecule has 0 aromatic carbocycles. The molecular formula is C10H12F2N2O. The van der Waals surface area contributed by atoms with Crippen molar-refractivity contribution in [1.82, 2.24) is 4.98 Å². The molecule has 1 aliphatic heterocycles. The van der Waals surface area contributed by atoms with E-state index in [1.807, 2.05) is 13.8 Å². The molecule has 0 aliphatic carbocycles. The predicted molar refractivity (Wildman–Crippen MR) is 52.4 cm³/mol. The largest absolute Gasteiger partial charge is 0.416 e. The topological polar surface area (TPSA) is 34.2 Å². The first-order valence-corrected chi connectivity index (χ1v) is 4.82. The molecule has 0 bridgehead atoms. The maximum atomic E-state index is 12.9. The average Bonchev–Trinajstić information content (AvgIpc) is 2.16. The van der Waals surface area contributed by atoms with Crippen LogP contribution in [0.5, 0.6) is 5.88 Å². The first-order chi connectivity index (χ1) is 7.03. The molecule has 0 atom stereocenters. The zero-order valence-corrected chi connectivity index (χ0v) is 8.60. The predicted octanol–water partition coefficient (Wildman–Crippen LogP) is 2.35. The van der Waals surface area contributed by atoms with Crippen molar-refractivity contribution in [2.75, 3.05) is 11.9 Å². The monoisotopic (exact) mass is 214 g/mol. The lowest BCUT2D eigenvalue weighted by molar-refractivity contribution is -0.169. The Morgan fingerprint density at radius 1 is 1.60 bits per heavy atom. The lowest BCUT2D eigenvalue weighted by Crippen LogP contribution is -2.38. The van der Waals surface area contributed by atoms with Crippen molar-refractivity contribution in [3.05, 3.63) is 17.3 Å². The standard InChI is InChI=1S/C10H12F2N2O/c1-3-7-4-13-9-8(6(7)2)14-5-10(11,12)15-9/h4,14H,3,5H2,1-2H3. The van der Waals surface area contributed by atoms with Gasteiger partial charge in [-0.15, -0.1) is 0 Å². The molecule has 1 aliphatic rings. The van der Waals surface area contributed by atoms with Crippen LogP contribution in [0.15, 0.2) is 6.20 Å². The molecule has 1 aromatic rings. The molecule has 0 fully saturated rings. The summed E-state index contributed by atoms with van der Waals surface area (Å²) in [6, 6.07) is 0. The van der Waals surface area contributed by atoms with Crippen LogP contribution >= 0.6 is 0 Å². The number of fused-ring (bicyclic) bond motifs is 1. The third kappa shape index (κ3) is 1.73. The molecule has 0 saturated carbocycles. The summed E-state index contributed by atoms with van der Waals surface area (Å²) in [5, 5.41) is 2.66. The molecule has 1 aromatic heterocycles. The fraction of sp³-hybridized carbons (Fsp3) is 0.500. The van der Waals surface area contributed by atoms with Crippen molar-refractivity contribution in [3.63, 3.8) is 0 Å². The van der Waals surface area contributed by atoms with Crippen LogP contribution in [-0.2, 0) is 6.42 Å². The van der Waals surface area contributed by atoms with E-state index in [4.69, 9.17) is 0 Å². The number of rotatable bonds is 1. The summed E-state index contributed by atoms with van der Waals surface area (Å²) >= 11 is 0. The second-order valence-electron chi connectivity index (χ2n) is 3.54. The Bertz CT molecular complexity index is 393. The summed E-state index contributed by atoms with van der Waals surface area (Å²) < 4.78 is 30.2. The molecule has 0 spiro atoms. The second kappa shape index (κ2) is 3.32. The van der Waals surface area contributed by atoms with Crippen molar-refractivity contribution in [3.8, 4) is 5.88 Å². The van der Waals surface area contributed by atoms with E-state index >= 15 is 0 Å². The summed E-state index contributed by atoms with van der Waals surface area (Å²) in [7, 11) is 0. The summed E-state index contributed by atoms with van der Waals surface area (Å²) in [6.07, 6.45) is -0.762. The van der Waals surface area contributed by atoms with E-state index in [0.29, 0.717) is 5.69 Å². The summed E-state index contributed by atoms with van der Waals surface area (Å²) in [5.41, 5.74) is 2.55. The molecule has 2 heterocycles. The molecule has 1 N–H and O–H groups in total. The van der Waals surface area contributed by atoms with Gasteiger partial charge < -0.3 is 10.1 Å². The fourth-order valence-electron chi connectivity index (χ4n) is 1.63. The van der Waals surface area contributed by atoms with E-state index in [-0.39, 0.29) is 5.88 Å². The van der Waals surface area contributed by atoms with Gasteiger partial charge in [0.15, 0.2) is 0 Å².